The zero-order chi connectivity index (χ0) is 37.5. The number of furan rings is 2. The molecular weight excluding hydrogens is 701 g/mol. The van der Waals surface area contributed by atoms with Crippen LogP contribution in [0.25, 0.3) is 112 Å². The highest BCUT2D eigenvalue weighted by molar-refractivity contribution is 6.12. The van der Waals surface area contributed by atoms with E-state index in [4.69, 9.17) is 23.8 Å². The summed E-state index contributed by atoms with van der Waals surface area (Å²) in [4.78, 5) is 15.6. The van der Waals surface area contributed by atoms with E-state index < -0.39 is 0 Å². The molecule has 268 valence electrons. The Labute approximate surface area is 327 Å². The number of hydrogen-bond donors (Lipinski definition) is 0. The van der Waals surface area contributed by atoms with E-state index in [1.54, 1.807) is 0 Å². The standard InChI is InChI=1S/C51H32N4O2/c1-2-12-33(13-3-1)49-52-50(34-28-29-39-38-15-5-8-21-43(38)57-46(39)30-34)54-51(53-49)55-42-20-7-4-14-37(42)40-19-10-18-36(48(40)55)32-26-24-31(25-27-32)35-17-11-23-45-47(35)41-16-6-9-22-44(41)56-45/h1-6,8-19,21-30H,7,20H2. The first-order valence-electron chi connectivity index (χ1n) is 19.3. The quantitative estimate of drug-likeness (QED) is 0.176. The lowest BCUT2D eigenvalue weighted by molar-refractivity contribution is 0.668. The van der Waals surface area contributed by atoms with Crippen LogP contribution in [0.15, 0.2) is 173 Å². The van der Waals surface area contributed by atoms with E-state index >= 15 is 0 Å². The van der Waals surface area contributed by atoms with Gasteiger partial charge in [-0.3, -0.25) is 4.57 Å². The van der Waals surface area contributed by atoms with Crippen molar-refractivity contribution in [2.75, 3.05) is 0 Å². The predicted molar refractivity (Wildman–Crippen MR) is 230 cm³/mol. The summed E-state index contributed by atoms with van der Waals surface area (Å²) in [6, 6.07) is 54.6. The molecule has 7 aromatic carbocycles. The number of para-hydroxylation sites is 3. The summed E-state index contributed by atoms with van der Waals surface area (Å²) in [7, 11) is 0. The molecule has 0 bridgehead atoms. The minimum Gasteiger partial charge on any atom is -0.456 e. The molecular formula is C51H32N4O2. The van der Waals surface area contributed by atoms with Gasteiger partial charge >= 0.3 is 0 Å². The maximum atomic E-state index is 6.31. The van der Waals surface area contributed by atoms with Crippen LogP contribution in [0.3, 0.4) is 0 Å². The van der Waals surface area contributed by atoms with Gasteiger partial charge in [-0.1, -0.05) is 140 Å². The van der Waals surface area contributed by atoms with Gasteiger partial charge in [0.15, 0.2) is 11.6 Å². The molecule has 6 nitrogen and oxygen atoms in total. The third kappa shape index (κ3) is 5.00. The number of aromatic nitrogens is 4. The minimum absolute atomic E-state index is 0.589. The van der Waals surface area contributed by atoms with Crippen molar-refractivity contribution in [3.05, 3.63) is 175 Å². The second kappa shape index (κ2) is 12.5. The van der Waals surface area contributed by atoms with Crippen molar-refractivity contribution in [2.45, 2.75) is 12.8 Å². The monoisotopic (exact) mass is 732 g/mol. The van der Waals surface area contributed by atoms with Gasteiger partial charge in [0.2, 0.25) is 5.95 Å². The van der Waals surface area contributed by atoms with Gasteiger partial charge in [-0.05, 0) is 59.9 Å². The highest BCUT2D eigenvalue weighted by Gasteiger charge is 2.25. The molecule has 0 amide bonds. The SMILES string of the molecule is C1=Cc2c(n(-c3nc(-c4ccccc4)nc(-c4ccc5c(c4)oc4ccccc45)n3)c3c(-c4ccc(-c5cccc6oc7ccccc7c56)cc4)cccc23)CC1. The first kappa shape index (κ1) is 31.7. The lowest BCUT2D eigenvalue weighted by Crippen LogP contribution is -2.10. The number of hydrogen-bond acceptors (Lipinski definition) is 5. The van der Waals surface area contributed by atoms with Crippen LogP contribution in [-0.4, -0.2) is 19.5 Å². The maximum absolute atomic E-state index is 6.31. The minimum atomic E-state index is 0.589. The lowest BCUT2D eigenvalue weighted by atomic mass is 9.95. The number of allylic oxidation sites excluding steroid dienone is 1. The molecule has 0 aliphatic heterocycles. The van der Waals surface area contributed by atoms with Crippen LogP contribution in [0, 0.1) is 0 Å². The van der Waals surface area contributed by atoms with E-state index in [9.17, 15) is 0 Å². The summed E-state index contributed by atoms with van der Waals surface area (Å²) in [5.74, 6) is 1.80. The third-order valence-corrected chi connectivity index (χ3v) is 11.4. The number of rotatable bonds is 5. The molecule has 0 atom stereocenters. The van der Waals surface area contributed by atoms with Crippen molar-refractivity contribution in [3.63, 3.8) is 0 Å². The molecule has 0 fully saturated rings. The van der Waals surface area contributed by atoms with Crippen molar-refractivity contribution in [1.82, 2.24) is 19.5 Å². The molecule has 1 aliphatic carbocycles. The molecule has 12 rings (SSSR count). The Kier molecular flexibility index (Phi) is 6.95. The summed E-state index contributed by atoms with van der Waals surface area (Å²) in [5.41, 5.74) is 13.2. The summed E-state index contributed by atoms with van der Waals surface area (Å²) in [5, 5.41) is 5.58. The van der Waals surface area contributed by atoms with Crippen molar-refractivity contribution in [1.29, 1.82) is 0 Å². The van der Waals surface area contributed by atoms with Gasteiger partial charge in [-0.25, -0.2) is 4.98 Å². The van der Waals surface area contributed by atoms with Crippen LogP contribution < -0.4 is 0 Å². The highest BCUT2D eigenvalue weighted by Crippen LogP contribution is 2.41. The van der Waals surface area contributed by atoms with Gasteiger partial charge in [0.25, 0.3) is 0 Å². The fraction of sp³-hybridized carbons (Fsp3) is 0.0392. The fourth-order valence-electron chi connectivity index (χ4n) is 8.74. The average Bonchev–Trinajstić information content (AvgIpc) is 3.96. The Bertz CT molecular complexity index is 3410. The van der Waals surface area contributed by atoms with Crippen LogP contribution in [0.5, 0.6) is 0 Å². The Morgan fingerprint density at radius 3 is 1.91 bits per heavy atom. The van der Waals surface area contributed by atoms with Gasteiger partial charge < -0.3 is 8.83 Å². The Morgan fingerprint density at radius 1 is 0.456 bits per heavy atom. The topological polar surface area (TPSA) is 69.9 Å². The molecule has 4 heterocycles. The van der Waals surface area contributed by atoms with Crippen molar-refractivity contribution in [2.24, 2.45) is 0 Å². The van der Waals surface area contributed by atoms with E-state index in [0.29, 0.717) is 17.6 Å². The maximum Gasteiger partial charge on any atom is 0.238 e. The van der Waals surface area contributed by atoms with Crippen molar-refractivity contribution < 1.29 is 8.83 Å². The molecule has 0 saturated heterocycles. The second-order valence-electron chi connectivity index (χ2n) is 14.7. The van der Waals surface area contributed by atoms with Crippen LogP contribution in [0.1, 0.15) is 17.7 Å². The number of benzene rings is 7. The molecule has 0 radical (unpaired) electrons. The zero-order valence-corrected chi connectivity index (χ0v) is 30.7. The summed E-state index contributed by atoms with van der Waals surface area (Å²) in [6.45, 7) is 0. The van der Waals surface area contributed by atoms with Crippen LogP contribution in [0.2, 0.25) is 0 Å². The highest BCUT2D eigenvalue weighted by atomic mass is 16.3. The molecule has 0 saturated carbocycles. The van der Waals surface area contributed by atoms with E-state index in [1.165, 1.54) is 16.6 Å². The molecule has 0 unspecified atom stereocenters. The van der Waals surface area contributed by atoms with Gasteiger partial charge in [-0.2, -0.15) is 9.97 Å². The number of nitrogens with zero attached hydrogens (tertiary/aromatic N) is 4. The molecule has 0 spiro atoms. The molecule has 1 aliphatic rings. The van der Waals surface area contributed by atoms with Gasteiger partial charge in [0, 0.05) is 54.9 Å². The zero-order valence-electron chi connectivity index (χ0n) is 30.7. The molecule has 11 aromatic rings. The molecule has 57 heavy (non-hydrogen) atoms. The second-order valence-corrected chi connectivity index (χ2v) is 14.7. The van der Waals surface area contributed by atoms with Gasteiger partial charge in [-0.15, -0.1) is 0 Å². The van der Waals surface area contributed by atoms with Gasteiger partial charge in [0.1, 0.15) is 22.3 Å². The summed E-state index contributed by atoms with van der Waals surface area (Å²) in [6.07, 6.45) is 6.34. The molecule has 4 aromatic heterocycles. The third-order valence-electron chi connectivity index (χ3n) is 11.4. The van der Waals surface area contributed by atoms with E-state index in [2.05, 4.69) is 120 Å². The number of fused-ring (bicyclic) bond motifs is 9. The normalized spacial score (nSPS) is 12.7. The summed E-state index contributed by atoms with van der Waals surface area (Å²) < 4.78 is 14.8. The van der Waals surface area contributed by atoms with Crippen LogP contribution in [0.4, 0.5) is 0 Å². The van der Waals surface area contributed by atoms with Crippen molar-refractivity contribution in [3.8, 4) is 51.0 Å². The summed E-state index contributed by atoms with van der Waals surface area (Å²) >= 11 is 0. The van der Waals surface area contributed by atoms with E-state index in [-0.39, 0.29) is 0 Å². The van der Waals surface area contributed by atoms with Crippen LogP contribution >= 0.6 is 0 Å². The molecule has 0 N–H and O–H groups in total. The Hall–Kier alpha value is -7.57. The lowest BCUT2D eigenvalue weighted by Gasteiger charge is -2.15. The first-order valence-corrected chi connectivity index (χ1v) is 19.3. The van der Waals surface area contributed by atoms with Gasteiger partial charge in [0.05, 0.1) is 5.52 Å². The van der Waals surface area contributed by atoms with E-state index in [1.807, 2.05) is 54.6 Å². The first-order chi connectivity index (χ1) is 28.2. The average molecular weight is 733 g/mol. The van der Waals surface area contributed by atoms with E-state index in [0.717, 1.165) is 95.6 Å². The Balaban J connectivity index is 1.05. The smallest absolute Gasteiger partial charge is 0.238 e. The van der Waals surface area contributed by atoms with Crippen LogP contribution in [-0.2, 0) is 6.42 Å². The fourth-order valence-corrected chi connectivity index (χ4v) is 8.74. The molecule has 6 heteroatoms. The predicted octanol–water partition coefficient (Wildman–Crippen LogP) is 13.2. The Morgan fingerprint density at radius 2 is 1.07 bits per heavy atom. The van der Waals surface area contributed by atoms with Crippen molar-refractivity contribution >= 4 is 60.9 Å². The largest absolute Gasteiger partial charge is 0.456 e.